The van der Waals surface area contributed by atoms with Crippen molar-refractivity contribution in [3.05, 3.63) is 52.6 Å². The van der Waals surface area contributed by atoms with E-state index in [0.717, 1.165) is 18.5 Å². The summed E-state index contributed by atoms with van der Waals surface area (Å²) in [6.45, 7) is 1.37. The number of hydrogen-bond acceptors (Lipinski definition) is 2. The zero-order chi connectivity index (χ0) is 13.0. The molecular formula is C13H15ClFN3. The lowest BCUT2D eigenvalue weighted by atomic mass is 10.2. The van der Waals surface area contributed by atoms with Crippen molar-refractivity contribution in [1.29, 1.82) is 0 Å². The Bertz CT molecular complexity index is 525. The summed E-state index contributed by atoms with van der Waals surface area (Å²) in [6, 6.07) is 4.40. The number of rotatable bonds is 5. The number of nitrogens with one attached hydrogen (secondary N) is 1. The van der Waals surface area contributed by atoms with E-state index in [1.165, 1.54) is 17.7 Å². The van der Waals surface area contributed by atoms with Gasteiger partial charge < -0.3 is 5.32 Å². The zero-order valence-corrected chi connectivity index (χ0v) is 10.9. The van der Waals surface area contributed by atoms with Crippen LogP contribution in [0.4, 0.5) is 4.39 Å². The second kappa shape index (κ2) is 5.98. The van der Waals surface area contributed by atoms with Crippen molar-refractivity contribution in [2.75, 3.05) is 6.54 Å². The van der Waals surface area contributed by atoms with Crippen molar-refractivity contribution < 1.29 is 4.39 Å². The summed E-state index contributed by atoms with van der Waals surface area (Å²) < 4.78 is 14.8. The van der Waals surface area contributed by atoms with Gasteiger partial charge in [0, 0.05) is 24.8 Å². The van der Waals surface area contributed by atoms with Gasteiger partial charge in [0.1, 0.15) is 5.82 Å². The first kappa shape index (κ1) is 13.1. The standard InChI is InChI=1S/C13H15ClFN3/c1-18-9-10(7-17-18)4-5-16-8-11-6-12(15)2-3-13(11)14/h2-3,6-7,9,16H,4-5,8H2,1H3. The molecule has 1 aromatic carbocycles. The molecule has 0 saturated carbocycles. The minimum absolute atomic E-state index is 0.261. The summed E-state index contributed by atoms with van der Waals surface area (Å²) in [4.78, 5) is 0. The first-order valence-electron chi connectivity index (χ1n) is 5.77. The van der Waals surface area contributed by atoms with Gasteiger partial charge in [-0.25, -0.2) is 4.39 Å². The van der Waals surface area contributed by atoms with E-state index in [9.17, 15) is 4.39 Å². The van der Waals surface area contributed by atoms with E-state index in [2.05, 4.69) is 10.4 Å². The highest BCUT2D eigenvalue weighted by molar-refractivity contribution is 6.31. The Morgan fingerprint density at radius 1 is 1.44 bits per heavy atom. The van der Waals surface area contributed by atoms with E-state index in [1.807, 2.05) is 19.4 Å². The van der Waals surface area contributed by atoms with Crippen LogP contribution in [-0.4, -0.2) is 16.3 Å². The molecule has 0 atom stereocenters. The molecule has 0 radical (unpaired) electrons. The minimum atomic E-state index is -0.261. The average Bonchev–Trinajstić information content (AvgIpc) is 2.75. The van der Waals surface area contributed by atoms with Crippen LogP contribution < -0.4 is 5.32 Å². The predicted octanol–water partition coefficient (Wildman–Crippen LogP) is 2.54. The molecule has 0 bridgehead atoms. The Kier molecular flexibility index (Phi) is 4.33. The monoisotopic (exact) mass is 267 g/mol. The van der Waals surface area contributed by atoms with Gasteiger partial charge in [0.15, 0.2) is 0 Å². The summed E-state index contributed by atoms with van der Waals surface area (Å²) in [7, 11) is 1.89. The third-order valence-corrected chi connectivity index (χ3v) is 3.04. The highest BCUT2D eigenvalue weighted by Crippen LogP contribution is 2.16. The van der Waals surface area contributed by atoms with Crippen LogP contribution in [0.1, 0.15) is 11.1 Å². The maximum absolute atomic E-state index is 13.0. The lowest BCUT2D eigenvalue weighted by Crippen LogP contribution is -2.16. The molecule has 1 N–H and O–H groups in total. The first-order valence-corrected chi connectivity index (χ1v) is 6.15. The Balaban J connectivity index is 1.80. The molecule has 0 aliphatic rings. The van der Waals surface area contributed by atoms with Gasteiger partial charge in [-0.2, -0.15) is 5.10 Å². The van der Waals surface area contributed by atoms with Crippen LogP contribution >= 0.6 is 11.6 Å². The third-order valence-electron chi connectivity index (χ3n) is 2.67. The molecule has 96 valence electrons. The molecular weight excluding hydrogens is 253 g/mol. The lowest BCUT2D eigenvalue weighted by molar-refractivity contribution is 0.620. The van der Waals surface area contributed by atoms with Crippen molar-refractivity contribution in [1.82, 2.24) is 15.1 Å². The molecule has 0 saturated heterocycles. The molecule has 2 rings (SSSR count). The molecule has 1 heterocycles. The number of aromatic nitrogens is 2. The summed E-state index contributed by atoms with van der Waals surface area (Å²) in [5, 5.41) is 7.92. The number of nitrogens with zero attached hydrogens (tertiary/aromatic N) is 2. The van der Waals surface area contributed by atoms with E-state index in [4.69, 9.17) is 11.6 Å². The topological polar surface area (TPSA) is 29.9 Å². The largest absolute Gasteiger partial charge is 0.312 e. The summed E-state index contributed by atoms with van der Waals surface area (Å²) >= 11 is 5.98. The van der Waals surface area contributed by atoms with Crippen LogP contribution in [0, 0.1) is 5.82 Å². The molecule has 0 aliphatic carbocycles. The molecule has 0 fully saturated rings. The zero-order valence-electron chi connectivity index (χ0n) is 10.2. The SMILES string of the molecule is Cn1cc(CCNCc2cc(F)ccc2Cl)cn1. The highest BCUT2D eigenvalue weighted by atomic mass is 35.5. The van der Waals surface area contributed by atoms with Crippen molar-refractivity contribution in [3.8, 4) is 0 Å². The fourth-order valence-corrected chi connectivity index (χ4v) is 1.92. The molecule has 0 amide bonds. The normalized spacial score (nSPS) is 10.8. The number of hydrogen-bond donors (Lipinski definition) is 1. The van der Waals surface area contributed by atoms with Crippen molar-refractivity contribution in [2.24, 2.45) is 7.05 Å². The highest BCUT2D eigenvalue weighted by Gasteiger charge is 2.02. The fourth-order valence-electron chi connectivity index (χ4n) is 1.74. The van der Waals surface area contributed by atoms with Crippen LogP contribution in [0.2, 0.25) is 5.02 Å². The Morgan fingerprint density at radius 3 is 3.00 bits per heavy atom. The van der Waals surface area contributed by atoms with Gasteiger partial charge >= 0.3 is 0 Å². The Hall–Kier alpha value is -1.39. The molecule has 2 aromatic rings. The molecule has 18 heavy (non-hydrogen) atoms. The predicted molar refractivity (Wildman–Crippen MR) is 70.0 cm³/mol. The van der Waals surface area contributed by atoms with E-state index in [-0.39, 0.29) is 5.82 Å². The second-order valence-corrected chi connectivity index (χ2v) is 4.59. The summed E-state index contributed by atoms with van der Waals surface area (Å²) in [5.41, 5.74) is 1.96. The smallest absolute Gasteiger partial charge is 0.123 e. The van der Waals surface area contributed by atoms with E-state index in [0.29, 0.717) is 11.6 Å². The first-order chi connectivity index (χ1) is 8.65. The quantitative estimate of drug-likeness (QED) is 0.844. The summed E-state index contributed by atoms with van der Waals surface area (Å²) in [5.74, 6) is -0.261. The second-order valence-electron chi connectivity index (χ2n) is 4.18. The van der Waals surface area contributed by atoms with Crippen molar-refractivity contribution in [2.45, 2.75) is 13.0 Å². The number of halogens is 2. The molecule has 1 aromatic heterocycles. The van der Waals surface area contributed by atoms with Crippen molar-refractivity contribution >= 4 is 11.6 Å². The maximum atomic E-state index is 13.0. The number of aryl methyl sites for hydroxylation is 1. The van der Waals surface area contributed by atoms with Gasteiger partial charge in [-0.15, -0.1) is 0 Å². The van der Waals surface area contributed by atoms with Gasteiger partial charge in [0.2, 0.25) is 0 Å². The summed E-state index contributed by atoms with van der Waals surface area (Å²) in [6.07, 6.45) is 4.72. The fraction of sp³-hybridized carbons (Fsp3) is 0.308. The van der Waals surface area contributed by atoms with Gasteiger partial charge in [-0.3, -0.25) is 4.68 Å². The van der Waals surface area contributed by atoms with Crippen LogP contribution in [-0.2, 0) is 20.0 Å². The van der Waals surface area contributed by atoms with Crippen LogP contribution in [0.25, 0.3) is 0 Å². The molecule has 5 heteroatoms. The van der Waals surface area contributed by atoms with Crippen LogP contribution in [0.3, 0.4) is 0 Å². The number of benzene rings is 1. The molecule has 0 spiro atoms. The average molecular weight is 268 g/mol. The third kappa shape index (κ3) is 3.55. The molecule has 3 nitrogen and oxygen atoms in total. The van der Waals surface area contributed by atoms with Gasteiger partial charge in [-0.1, -0.05) is 11.6 Å². The van der Waals surface area contributed by atoms with E-state index in [1.54, 1.807) is 10.7 Å². The van der Waals surface area contributed by atoms with E-state index < -0.39 is 0 Å². The Morgan fingerprint density at radius 2 is 2.28 bits per heavy atom. The molecule has 0 aliphatic heterocycles. The Labute approximate surface area is 111 Å². The van der Waals surface area contributed by atoms with Gasteiger partial charge in [0.05, 0.1) is 6.20 Å². The van der Waals surface area contributed by atoms with Crippen molar-refractivity contribution in [3.63, 3.8) is 0 Å². The van der Waals surface area contributed by atoms with Gasteiger partial charge in [0.25, 0.3) is 0 Å². The van der Waals surface area contributed by atoms with E-state index >= 15 is 0 Å². The van der Waals surface area contributed by atoms with Crippen LogP contribution in [0.5, 0.6) is 0 Å². The van der Waals surface area contributed by atoms with Gasteiger partial charge in [-0.05, 0) is 42.3 Å². The molecule has 0 unspecified atom stereocenters. The van der Waals surface area contributed by atoms with Crippen LogP contribution in [0.15, 0.2) is 30.6 Å². The minimum Gasteiger partial charge on any atom is -0.312 e. The lowest BCUT2D eigenvalue weighted by Gasteiger charge is -2.06. The maximum Gasteiger partial charge on any atom is 0.123 e.